The van der Waals surface area contributed by atoms with Gasteiger partial charge in [0.25, 0.3) is 0 Å². The minimum atomic E-state index is 0.199. The van der Waals surface area contributed by atoms with Gasteiger partial charge in [0, 0.05) is 23.8 Å². The van der Waals surface area contributed by atoms with Gasteiger partial charge in [0.15, 0.2) is 0 Å². The lowest BCUT2D eigenvalue weighted by molar-refractivity contribution is 0.242. The maximum absolute atomic E-state index is 5.68. The van der Waals surface area contributed by atoms with Crippen molar-refractivity contribution in [2.75, 3.05) is 0 Å². The van der Waals surface area contributed by atoms with Crippen LogP contribution in [-0.2, 0) is 6.54 Å². The molecule has 1 aliphatic rings. The van der Waals surface area contributed by atoms with E-state index in [0.717, 1.165) is 35.3 Å². The molecule has 22 heavy (non-hydrogen) atoms. The largest absolute Gasteiger partial charge is 0.491 e. The number of benzene rings is 1. The Bertz CT molecular complexity index is 630. The second-order valence-electron chi connectivity index (χ2n) is 6.29. The molecule has 0 unspecified atom stereocenters. The molecule has 1 N–H and O–H groups in total. The van der Waals surface area contributed by atoms with Gasteiger partial charge in [-0.1, -0.05) is 6.07 Å². The van der Waals surface area contributed by atoms with Crippen molar-refractivity contribution >= 4 is 0 Å². The molecule has 116 valence electrons. The molecule has 1 aliphatic carbocycles. The maximum atomic E-state index is 5.68. The standard InChI is InChI=1S/C19H24N2O/c1-13(2)22-18-9-4-15(5-10-18)19-11-6-16(14(3)21-19)12-20-17-7-8-17/h4-6,9-11,13,17,20H,7-8,12H2,1-3H3. The van der Waals surface area contributed by atoms with Crippen molar-refractivity contribution in [2.24, 2.45) is 0 Å². The zero-order chi connectivity index (χ0) is 15.5. The molecule has 1 aromatic carbocycles. The van der Waals surface area contributed by atoms with E-state index in [0.29, 0.717) is 0 Å². The fourth-order valence-corrected chi connectivity index (χ4v) is 2.46. The minimum absolute atomic E-state index is 0.199. The molecular formula is C19H24N2O. The van der Waals surface area contributed by atoms with Crippen molar-refractivity contribution < 1.29 is 4.74 Å². The first-order chi connectivity index (χ1) is 10.6. The maximum Gasteiger partial charge on any atom is 0.119 e. The van der Waals surface area contributed by atoms with Crippen LogP contribution in [0.2, 0.25) is 0 Å². The van der Waals surface area contributed by atoms with E-state index in [-0.39, 0.29) is 6.10 Å². The number of hydrogen-bond donors (Lipinski definition) is 1. The predicted octanol–water partition coefficient (Wildman–Crippen LogP) is 4.10. The fraction of sp³-hybridized carbons (Fsp3) is 0.421. The molecule has 3 heteroatoms. The summed E-state index contributed by atoms with van der Waals surface area (Å²) < 4.78 is 5.68. The molecule has 0 aliphatic heterocycles. The summed E-state index contributed by atoms with van der Waals surface area (Å²) in [5, 5.41) is 3.54. The summed E-state index contributed by atoms with van der Waals surface area (Å²) in [4.78, 5) is 4.75. The summed E-state index contributed by atoms with van der Waals surface area (Å²) in [5.41, 5.74) is 4.54. The number of rotatable bonds is 6. The fourth-order valence-electron chi connectivity index (χ4n) is 2.46. The van der Waals surface area contributed by atoms with Gasteiger partial charge in [-0.25, -0.2) is 0 Å². The quantitative estimate of drug-likeness (QED) is 0.871. The van der Waals surface area contributed by atoms with Crippen molar-refractivity contribution in [1.82, 2.24) is 10.3 Å². The number of nitrogens with one attached hydrogen (secondary N) is 1. The normalized spacial score (nSPS) is 14.4. The van der Waals surface area contributed by atoms with Crippen LogP contribution in [0.3, 0.4) is 0 Å². The number of aromatic nitrogens is 1. The van der Waals surface area contributed by atoms with Gasteiger partial charge in [-0.05, 0) is 69.5 Å². The van der Waals surface area contributed by atoms with E-state index in [1.54, 1.807) is 0 Å². The van der Waals surface area contributed by atoms with Gasteiger partial charge in [0.05, 0.1) is 11.8 Å². The number of ether oxygens (including phenoxy) is 1. The van der Waals surface area contributed by atoms with Crippen LogP contribution in [0, 0.1) is 6.92 Å². The lowest BCUT2D eigenvalue weighted by atomic mass is 10.1. The van der Waals surface area contributed by atoms with E-state index in [9.17, 15) is 0 Å². The van der Waals surface area contributed by atoms with E-state index in [4.69, 9.17) is 9.72 Å². The number of hydrogen-bond acceptors (Lipinski definition) is 3. The highest BCUT2D eigenvalue weighted by molar-refractivity contribution is 5.60. The van der Waals surface area contributed by atoms with Gasteiger partial charge in [-0.15, -0.1) is 0 Å². The first kappa shape index (κ1) is 15.0. The monoisotopic (exact) mass is 296 g/mol. The Morgan fingerprint density at radius 1 is 1.14 bits per heavy atom. The van der Waals surface area contributed by atoms with Gasteiger partial charge in [0.1, 0.15) is 5.75 Å². The Hall–Kier alpha value is -1.87. The van der Waals surface area contributed by atoms with Crippen LogP contribution in [0.25, 0.3) is 11.3 Å². The average Bonchev–Trinajstić information content (AvgIpc) is 3.30. The van der Waals surface area contributed by atoms with Crippen molar-refractivity contribution in [3.63, 3.8) is 0 Å². The molecular weight excluding hydrogens is 272 g/mol. The molecule has 1 fully saturated rings. The third kappa shape index (κ3) is 3.86. The summed E-state index contributed by atoms with van der Waals surface area (Å²) in [6.45, 7) is 7.08. The van der Waals surface area contributed by atoms with Crippen molar-refractivity contribution in [1.29, 1.82) is 0 Å². The van der Waals surface area contributed by atoms with Crippen LogP contribution in [0.1, 0.15) is 37.9 Å². The van der Waals surface area contributed by atoms with Crippen LogP contribution in [0.15, 0.2) is 36.4 Å². The first-order valence-corrected chi connectivity index (χ1v) is 8.09. The molecule has 3 rings (SSSR count). The SMILES string of the molecule is Cc1nc(-c2ccc(OC(C)C)cc2)ccc1CNC1CC1. The molecule has 0 radical (unpaired) electrons. The van der Waals surface area contributed by atoms with Crippen LogP contribution in [0.5, 0.6) is 5.75 Å². The Morgan fingerprint density at radius 2 is 1.86 bits per heavy atom. The third-order valence-electron chi connectivity index (χ3n) is 3.88. The van der Waals surface area contributed by atoms with Gasteiger partial charge in [-0.2, -0.15) is 0 Å². The molecule has 1 aromatic heterocycles. The molecule has 0 saturated heterocycles. The van der Waals surface area contributed by atoms with Gasteiger partial charge in [-0.3, -0.25) is 4.98 Å². The summed E-state index contributed by atoms with van der Waals surface area (Å²) in [6, 6.07) is 13.2. The lowest BCUT2D eigenvalue weighted by Crippen LogP contribution is -2.16. The van der Waals surface area contributed by atoms with Crippen LogP contribution in [0.4, 0.5) is 0 Å². The summed E-state index contributed by atoms with van der Waals surface area (Å²) >= 11 is 0. The van der Waals surface area contributed by atoms with E-state index in [2.05, 4.69) is 36.5 Å². The Morgan fingerprint density at radius 3 is 2.45 bits per heavy atom. The molecule has 0 bridgehead atoms. The average molecular weight is 296 g/mol. The van der Waals surface area contributed by atoms with E-state index < -0.39 is 0 Å². The Kier molecular flexibility index (Phi) is 4.44. The molecule has 0 spiro atoms. The van der Waals surface area contributed by atoms with Crippen molar-refractivity contribution in [2.45, 2.75) is 52.3 Å². The van der Waals surface area contributed by atoms with E-state index >= 15 is 0 Å². The zero-order valence-corrected chi connectivity index (χ0v) is 13.6. The number of nitrogens with zero attached hydrogens (tertiary/aromatic N) is 1. The highest BCUT2D eigenvalue weighted by Crippen LogP contribution is 2.23. The lowest BCUT2D eigenvalue weighted by Gasteiger charge is -2.11. The van der Waals surface area contributed by atoms with Crippen LogP contribution in [-0.4, -0.2) is 17.1 Å². The Labute approximate surface area is 132 Å². The van der Waals surface area contributed by atoms with Crippen molar-refractivity contribution in [3.8, 4) is 17.0 Å². The van der Waals surface area contributed by atoms with Crippen LogP contribution >= 0.6 is 0 Å². The summed E-state index contributed by atoms with van der Waals surface area (Å²) in [7, 11) is 0. The van der Waals surface area contributed by atoms with Crippen molar-refractivity contribution in [3.05, 3.63) is 47.7 Å². The van der Waals surface area contributed by atoms with Crippen LogP contribution < -0.4 is 10.1 Å². The summed E-state index contributed by atoms with van der Waals surface area (Å²) in [5.74, 6) is 0.903. The minimum Gasteiger partial charge on any atom is -0.491 e. The summed E-state index contributed by atoms with van der Waals surface area (Å²) in [6.07, 6.45) is 2.83. The molecule has 1 saturated carbocycles. The van der Waals surface area contributed by atoms with E-state index in [1.165, 1.54) is 18.4 Å². The molecule has 0 amide bonds. The van der Waals surface area contributed by atoms with Gasteiger partial charge in [0.2, 0.25) is 0 Å². The molecule has 3 nitrogen and oxygen atoms in total. The smallest absolute Gasteiger partial charge is 0.119 e. The predicted molar refractivity (Wildman–Crippen MR) is 90.0 cm³/mol. The molecule has 2 aromatic rings. The first-order valence-electron chi connectivity index (χ1n) is 8.09. The third-order valence-corrected chi connectivity index (χ3v) is 3.88. The van der Waals surface area contributed by atoms with E-state index in [1.807, 2.05) is 26.0 Å². The highest BCUT2D eigenvalue weighted by Gasteiger charge is 2.20. The molecule has 1 heterocycles. The topological polar surface area (TPSA) is 34.1 Å². The van der Waals surface area contributed by atoms with Gasteiger partial charge >= 0.3 is 0 Å². The second-order valence-corrected chi connectivity index (χ2v) is 6.29. The number of pyridine rings is 1. The van der Waals surface area contributed by atoms with Gasteiger partial charge < -0.3 is 10.1 Å². The molecule has 0 atom stereocenters. The second kappa shape index (κ2) is 6.49. The Balaban J connectivity index is 1.72. The highest BCUT2D eigenvalue weighted by atomic mass is 16.5. The zero-order valence-electron chi connectivity index (χ0n) is 13.6. The number of aryl methyl sites for hydroxylation is 1.